The van der Waals surface area contributed by atoms with Gasteiger partial charge in [0.2, 0.25) is 0 Å². The smallest absolute Gasteiger partial charge is 0.307 e. The largest absolute Gasteiger partial charge is 0.466 e. The predicted octanol–water partition coefficient (Wildman–Crippen LogP) is 0.309. The molecule has 0 aromatic rings. The standard InChI is InChI=1S/C16H33N3O3/c1-18-10-12-19(13-11-18)9-5-7-17-8-6-16(21)22-15-4-2-3-14-20/h17,20H,2-15H2,1H3. The molecule has 1 rings (SSSR count). The number of nitrogens with one attached hydrogen (secondary N) is 1. The minimum absolute atomic E-state index is 0.129. The lowest BCUT2D eigenvalue weighted by atomic mass is 10.2. The lowest BCUT2D eigenvalue weighted by Crippen LogP contribution is -2.45. The van der Waals surface area contributed by atoms with Gasteiger partial charge in [0, 0.05) is 39.3 Å². The third-order valence-electron chi connectivity index (χ3n) is 4.00. The van der Waals surface area contributed by atoms with Crippen LogP contribution in [0.1, 0.15) is 32.1 Å². The third-order valence-corrected chi connectivity index (χ3v) is 4.00. The highest BCUT2D eigenvalue weighted by molar-refractivity contribution is 5.69. The van der Waals surface area contributed by atoms with E-state index in [0.29, 0.717) is 19.6 Å². The number of carbonyl (C=O) groups excluding carboxylic acids is 1. The van der Waals surface area contributed by atoms with Crippen molar-refractivity contribution in [2.24, 2.45) is 0 Å². The van der Waals surface area contributed by atoms with Crippen molar-refractivity contribution in [3.8, 4) is 0 Å². The van der Waals surface area contributed by atoms with Crippen LogP contribution in [0.5, 0.6) is 0 Å². The van der Waals surface area contributed by atoms with E-state index in [2.05, 4.69) is 22.2 Å². The molecule has 0 atom stereocenters. The number of piperazine rings is 1. The molecule has 6 heteroatoms. The Labute approximate surface area is 134 Å². The van der Waals surface area contributed by atoms with Crippen LogP contribution in [0.3, 0.4) is 0 Å². The maximum Gasteiger partial charge on any atom is 0.307 e. The molecule has 1 fully saturated rings. The van der Waals surface area contributed by atoms with Gasteiger partial charge in [-0.15, -0.1) is 0 Å². The van der Waals surface area contributed by atoms with Crippen LogP contribution >= 0.6 is 0 Å². The van der Waals surface area contributed by atoms with E-state index in [4.69, 9.17) is 9.84 Å². The van der Waals surface area contributed by atoms with Gasteiger partial charge in [-0.05, 0) is 45.8 Å². The van der Waals surface area contributed by atoms with Crippen molar-refractivity contribution in [3.63, 3.8) is 0 Å². The number of carbonyl (C=O) groups is 1. The highest BCUT2D eigenvalue weighted by Gasteiger charge is 2.12. The number of hydrogen-bond donors (Lipinski definition) is 2. The first-order chi connectivity index (χ1) is 10.7. The summed E-state index contributed by atoms with van der Waals surface area (Å²) in [6.45, 7) is 8.13. The number of nitrogens with zero attached hydrogens (tertiary/aromatic N) is 2. The van der Waals surface area contributed by atoms with E-state index < -0.39 is 0 Å². The second-order valence-electron chi connectivity index (χ2n) is 6.00. The zero-order valence-corrected chi connectivity index (χ0v) is 14.1. The van der Waals surface area contributed by atoms with Gasteiger partial charge >= 0.3 is 5.97 Å². The lowest BCUT2D eigenvalue weighted by molar-refractivity contribution is -0.143. The normalized spacial score (nSPS) is 16.8. The van der Waals surface area contributed by atoms with E-state index in [9.17, 15) is 4.79 Å². The van der Waals surface area contributed by atoms with Gasteiger partial charge in [0.1, 0.15) is 0 Å². The molecule has 0 unspecified atom stereocenters. The zero-order valence-electron chi connectivity index (χ0n) is 14.1. The molecule has 22 heavy (non-hydrogen) atoms. The Hall–Kier alpha value is -0.690. The fourth-order valence-electron chi connectivity index (χ4n) is 2.46. The average Bonchev–Trinajstić information content (AvgIpc) is 2.52. The van der Waals surface area contributed by atoms with E-state index >= 15 is 0 Å². The fraction of sp³-hybridized carbons (Fsp3) is 0.938. The SMILES string of the molecule is CN1CCN(CCCNCCC(=O)OCCCCCO)CC1. The van der Waals surface area contributed by atoms with Gasteiger partial charge in [0.05, 0.1) is 13.0 Å². The summed E-state index contributed by atoms with van der Waals surface area (Å²) in [5, 5.41) is 11.9. The molecule has 0 amide bonds. The maximum atomic E-state index is 11.5. The van der Waals surface area contributed by atoms with Crippen LogP contribution in [0.4, 0.5) is 0 Å². The van der Waals surface area contributed by atoms with E-state index in [1.54, 1.807) is 0 Å². The molecule has 1 aliphatic rings. The Kier molecular flexibility index (Phi) is 11.3. The van der Waals surface area contributed by atoms with Crippen LogP contribution < -0.4 is 5.32 Å². The van der Waals surface area contributed by atoms with Crippen molar-refractivity contribution in [1.82, 2.24) is 15.1 Å². The Morgan fingerprint density at radius 3 is 2.59 bits per heavy atom. The van der Waals surface area contributed by atoms with Crippen molar-refractivity contribution < 1.29 is 14.6 Å². The van der Waals surface area contributed by atoms with Gasteiger partial charge < -0.3 is 25.0 Å². The third kappa shape index (κ3) is 10.1. The van der Waals surface area contributed by atoms with Gasteiger partial charge in [-0.3, -0.25) is 4.79 Å². The van der Waals surface area contributed by atoms with Crippen molar-refractivity contribution >= 4 is 5.97 Å². The number of hydrogen-bond acceptors (Lipinski definition) is 6. The van der Waals surface area contributed by atoms with Gasteiger partial charge in [0.25, 0.3) is 0 Å². The number of aliphatic hydroxyl groups is 1. The summed E-state index contributed by atoms with van der Waals surface area (Å²) in [6.07, 6.45) is 4.10. The quantitative estimate of drug-likeness (QED) is 0.399. The molecule has 2 N–H and O–H groups in total. The first-order valence-corrected chi connectivity index (χ1v) is 8.60. The summed E-state index contributed by atoms with van der Waals surface area (Å²) < 4.78 is 5.13. The second-order valence-corrected chi connectivity index (χ2v) is 6.00. The molecule has 0 bridgehead atoms. The molecule has 0 aliphatic carbocycles. The van der Waals surface area contributed by atoms with E-state index in [1.807, 2.05) is 0 Å². The highest BCUT2D eigenvalue weighted by atomic mass is 16.5. The first kappa shape index (κ1) is 19.4. The zero-order chi connectivity index (χ0) is 16.0. The molecule has 6 nitrogen and oxygen atoms in total. The summed E-state index contributed by atoms with van der Waals surface area (Å²) in [5.74, 6) is -0.129. The molecule has 0 spiro atoms. The molecule has 130 valence electrons. The summed E-state index contributed by atoms with van der Waals surface area (Å²) in [4.78, 5) is 16.3. The van der Waals surface area contributed by atoms with Crippen LogP contribution in [0.2, 0.25) is 0 Å². The van der Waals surface area contributed by atoms with Crippen molar-refractivity contribution in [3.05, 3.63) is 0 Å². The molecular formula is C16H33N3O3. The fourth-order valence-corrected chi connectivity index (χ4v) is 2.46. The van der Waals surface area contributed by atoms with E-state index in [1.165, 1.54) is 13.1 Å². The predicted molar refractivity (Wildman–Crippen MR) is 87.9 cm³/mol. The highest BCUT2D eigenvalue weighted by Crippen LogP contribution is 1.99. The summed E-state index contributed by atoms with van der Waals surface area (Å²) in [6, 6.07) is 0. The summed E-state index contributed by atoms with van der Waals surface area (Å²) in [5.41, 5.74) is 0. The van der Waals surface area contributed by atoms with E-state index in [-0.39, 0.29) is 12.6 Å². The molecule has 0 aromatic carbocycles. The number of rotatable bonds is 12. The lowest BCUT2D eigenvalue weighted by Gasteiger charge is -2.32. The number of likely N-dealkylation sites (N-methyl/N-ethyl adjacent to an activating group) is 1. The summed E-state index contributed by atoms with van der Waals surface area (Å²) >= 11 is 0. The van der Waals surface area contributed by atoms with E-state index in [0.717, 1.165) is 51.9 Å². The minimum atomic E-state index is -0.129. The molecular weight excluding hydrogens is 282 g/mol. The molecule has 1 heterocycles. The molecule has 1 aliphatic heterocycles. The van der Waals surface area contributed by atoms with Gasteiger partial charge in [-0.25, -0.2) is 0 Å². The average molecular weight is 315 g/mol. The number of aliphatic hydroxyl groups excluding tert-OH is 1. The monoisotopic (exact) mass is 315 g/mol. The number of ether oxygens (including phenoxy) is 1. The molecule has 0 aromatic heterocycles. The Morgan fingerprint density at radius 2 is 1.86 bits per heavy atom. The molecule has 0 radical (unpaired) electrons. The van der Waals surface area contributed by atoms with Crippen LogP contribution in [0, 0.1) is 0 Å². The first-order valence-electron chi connectivity index (χ1n) is 8.60. The van der Waals surface area contributed by atoms with Crippen LogP contribution in [-0.2, 0) is 9.53 Å². The van der Waals surface area contributed by atoms with Crippen molar-refractivity contribution in [2.75, 3.05) is 66.1 Å². The Morgan fingerprint density at radius 1 is 1.09 bits per heavy atom. The van der Waals surface area contributed by atoms with Gasteiger partial charge in [-0.1, -0.05) is 0 Å². The summed E-state index contributed by atoms with van der Waals surface area (Å²) in [7, 11) is 2.17. The van der Waals surface area contributed by atoms with Crippen LogP contribution in [-0.4, -0.2) is 87.0 Å². The number of unbranched alkanes of at least 4 members (excludes halogenated alkanes) is 2. The maximum absolute atomic E-state index is 11.5. The number of esters is 1. The van der Waals surface area contributed by atoms with Crippen LogP contribution in [0.15, 0.2) is 0 Å². The van der Waals surface area contributed by atoms with Crippen molar-refractivity contribution in [1.29, 1.82) is 0 Å². The van der Waals surface area contributed by atoms with Crippen LogP contribution in [0.25, 0.3) is 0 Å². The van der Waals surface area contributed by atoms with Gasteiger partial charge in [0.15, 0.2) is 0 Å². The minimum Gasteiger partial charge on any atom is -0.466 e. The molecule has 1 saturated heterocycles. The van der Waals surface area contributed by atoms with Gasteiger partial charge in [-0.2, -0.15) is 0 Å². The van der Waals surface area contributed by atoms with Crippen molar-refractivity contribution in [2.45, 2.75) is 32.1 Å². The molecule has 0 saturated carbocycles. The Balaban J connectivity index is 1.83. The second kappa shape index (κ2) is 12.8. The Bertz CT molecular complexity index is 282. The topological polar surface area (TPSA) is 65.0 Å².